The number of hydrogen-bond acceptors (Lipinski definition) is 6. The minimum atomic E-state index is -3.59. The van der Waals surface area contributed by atoms with Gasteiger partial charge < -0.3 is 14.8 Å². The Balaban J connectivity index is 1.95. The number of aliphatic hydroxyl groups is 1. The monoisotopic (exact) mass is 571 g/mol. The zero-order chi connectivity index (χ0) is 23.3. The summed E-state index contributed by atoms with van der Waals surface area (Å²) in [6.07, 6.45) is 2.66. The van der Waals surface area contributed by atoms with E-state index in [-0.39, 0.29) is 29.8 Å². The van der Waals surface area contributed by atoms with Crippen molar-refractivity contribution in [3.63, 3.8) is 0 Å². The van der Waals surface area contributed by atoms with Gasteiger partial charge in [0.25, 0.3) is 5.91 Å². The molecule has 1 amide bonds. The van der Waals surface area contributed by atoms with Crippen molar-refractivity contribution in [1.29, 1.82) is 0 Å². The van der Waals surface area contributed by atoms with E-state index in [0.717, 1.165) is 24.0 Å². The molecule has 0 radical (unpaired) electrons. The maximum absolute atomic E-state index is 12.6. The van der Waals surface area contributed by atoms with Crippen LogP contribution < -0.4 is 10.0 Å². The third-order valence-electron chi connectivity index (χ3n) is 4.98. The Labute approximate surface area is 201 Å². The van der Waals surface area contributed by atoms with E-state index in [1.807, 2.05) is 53.8 Å². The van der Waals surface area contributed by atoms with E-state index in [9.17, 15) is 13.2 Å². The van der Waals surface area contributed by atoms with Gasteiger partial charge in [0.1, 0.15) is 5.76 Å². The van der Waals surface area contributed by atoms with Crippen molar-refractivity contribution in [2.45, 2.75) is 32.6 Å². The standard InChI is InChI=1S/C22H26IN3O5S/c1-14-7-9-15(10-8-14)19-18(21(28)24-2)16-13-17(23)20(25-22(16)31-19)26-32(29,30)12-6-4-3-5-11-27/h7-10,13,27H,3-6,11-12H2,1-2H3,(H,24,28)(H,25,26). The Kier molecular flexibility index (Phi) is 8.12. The maximum atomic E-state index is 12.6. The van der Waals surface area contributed by atoms with Gasteiger partial charge >= 0.3 is 0 Å². The van der Waals surface area contributed by atoms with Gasteiger partial charge in [-0.15, -0.1) is 0 Å². The Morgan fingerprint density at radius 2 is 1.84 bits per heavy atom. The second kappa shape index (κ2) is 10.6. The highest BCUT2D eigenvalue weighted by Crippen LogP contribution is 2.35. The molecule has 0 atom stereocenters. The van der Waals surface area contributed by atoms with Gasteiger partial charge in [0.2, 0.25) is 15.7 Å². The summed E-state index contributed by atoms with van der Waals surface area (Å²) in [6, 6.07) is 9.28. The van der Waals surface area contributed by atoms with Gasteiger partial charge in [-0.2, -0.15) is 4.98 Å². The lowest BCUT2D eigenvalue weighted by molar-refractivity contribution is 0.0964. The summed E-state index contributed by atoms with van der Waals surface area (Å²) < 4.78 is 34.0. The number of aliphatic hydroxyl groups excluding tert-OH is 1. The van der Waals surface area contributed by atoms with Crippen LogP contribution in [0.25, 0.3) is 22.4 Å². The molecule has 8 nitrogen and oxygen atoms in total. The summed E-state index contributed by atoms with van der Waals surface area (Å²) >= 11 is 1.99. The lowest BCUT2D eigenvalue weighted by atomic mass is 10.0. The molecule has 0 saturated carbocycles. The molecule has 0 aliphatic carbocycles. The highest BCUT2D eigenvalue weighted by molar-refractivity contribution is 14.1. The molecular formula is C22H26IN3O5S. The molecule has 172 valence electrons. The van der Waals surface area contributed by atoms with Gasteiger partial charge in [-0.05, 0) is 48.4 Å². The molecule has 0 fully saturated rings. The average Bonchev–Trinajstić information content (AvgIpc) is 3.11. The SMILES string of the molecule is CNC(=O)c1c(-c2ccc(C)cc2)oc2nc(NS(=O)(=O)CCCCCCO)c(I)cc12. The molecule has 2 heterocycles. The molecule has 0 unspecified atom stereocenters. The van der Waals surface area contributed by atoms with Crippen LogP contribution in [0, 0.1) is 10.5 Å². The molecule has 0 aliphatic heterocycles. The van der Waals surface area contributed by atoms with E-state index < -0.39 is 10.0 Å². The molecule has 0 spiro atoms. The summed E-state index contributed by atoms with van der Waals surface area (Å²) in [6.45, 7) is 2.08. The fourth-order valence-corrected chi connectivity index (χ4v) is 5.17. The number of carbonyl (C=O) groups is 1. The molecule has 0 bridgehead atoms. The smallest absolute Gasteiger partial charge is 0.255 e. The van der Waals surface area contributed by atoms with E-state index in [2.05, 4.69) is 15.0 Å². The quantitative estimate of drug-likeness (QED) is 0.249. The molecular weight excluding hydrogens is 545 g/mol. The maximum Gasteiger partial charge on any atom is 0.255 e. The minimum absolute atomic E-state index is 0.0372. The number of rotatable bonds is 10. The summed E-state index contributed by atoms with van der Waals surface area (Å²) in [5, 5.41) is 12.0. The van der Waals surface area contributed by atoms with Crippen LogP contribution >= 0.6 is 22.6 Å². The number of furan rings is 1. The number of pyridine rings is 1. The van der Waals surface area contributed by atoms with Gasteiger partial charge in [0, 0.05) is 19.2 Å². The number of benzene rings is 1. The van der Waals surface area contributed by atoms with Crippen molar-refractivity contribution >= 4 is 55.4 Å². The predicted octanol–water partition coefficient (Wildman–Crippen LogP) is 4.06. The number of nitrogens with one attached hydrogen (secondary N) is 2. The van der Waals surface area contributed by atoms with Gasteiger partial charge in [-0.25, -0.2) is 8.42 Å². The van der Waals surface area contributed by atoms with E-state index in [0.29, 0.717) is 33.1 Å². The number of halogens is 1. The Hall–Kier alpha value is -2.18. The molecule has 1 aromatic carbocycles. The fraction of sp³-hybridized carbons (Fsp3) is 0.364. The number of unbranched alkanes of at least 4 members (excludes halogenated alkanes) is 3. The number of sulfonamides is 1. The number of nitrogens with zero attached hydrogens (tertiary/aromatic N) is 1. The Bertz CT molecular complexity index is 1210. The zero-order valence-corrected chi connectivity index (χ0v) is 20.9. The van der Waals surface area contributed by atoms with Crippen molar-refractivity contribution in [3.05, 3.63) is 45.0 Å². The van der Waals surface area contributed by atoms with Crippen LogP contribution in [0.4, 0.5) is 5.82 Å². The average molecular weight is 571 g/mol. The van der Waals surface area contributed by atoms with Crippen molar-refractivity contribution in [1.82, 2.24) is 10.3 Å². The Morgan fingerprint density at radius 3 is 2.50 bits per heavy atom. The van der Waals surface area contributed by atoms with Crippen LogP contribution in [-0.2, 0) is 10.0 Å². The summed E-state index contributed by atoms with van der Waals surface area (Å²) in [7, 11) is -2.05. The van der Waals surface area contributed by atoms with Gasteiger partial charge in [0.15, 0.2) is 5.82 Å². The number of aryl methyl sites for hydroxylation is 1. The van der Waals surface area contributed by atoms with Crippen LogP contribution in [0.1, 0.15) is 41.6 Å². The third-order valence-corrected chi connectivity index (χ3v) is 7.13. The number of amides is 1. The first kappa shape index (κ1) is 24.5. The van der Waals surface area contributed by atoms with Crippen LogP contribution in [-0.4, -0.2) is 43.8 Å². The van der Waals surface area contributed by atoms with Crippen LogP contribution in [0.2, 0.25) is 0 Å². The lowest BCUT2D eigenvalue weighted by Gasteiger charge is -2.09. The van der Waals surface area contributed by atoms with Gasteiger partial charge in [-0.1, -0.05) is 42.7 Å². The topological polar surface area (TPSA) is 122 Å². The molecule has 32 heavy (non-hydrogen) atoms. The number of carbonyl (C=O) groups excluding carboxylic acids is 1. The second-order valence-corrected chi connectivity index (χ2v) is 10.5. The van der Waals surface area contributed by atoms with E-state index in [1.54, 1.807) is 13.1 Å². The first-order valence-corrected chi connectivity index (χ1v) is 13.0. The number of anilines is 1. The van der Waals surface area contributed by atoms with Crippen LogP contribution in [0.5, 0.6) is 0 Å². The normalized spacial score (nSPS) is 11.6. The fourth-order valence-electron chi connectivity index (χ4n) is 3.28. The first-order valence-electron chi connectivity index (χ1n) is 10.3. The highest BCUT2D eigenvalue weighted by atomic mass is 127. The Morgan fingerprint density at radius 1 is 1.16 bits per heavy atom. The molecule has 3 N–H and O–H groups in total. The molecule has 2 aromatic heterocycles. The van der Waals surface area contributed by atoms with Gasteiger partial charge in [0.05, 0.1) is 20.3 Å². The lowest BCUT2D eigenvalue weighted by Crippen LogP contribution is -2.19. The predicted molar refractivity (Wildman–Crippen MR) is 133 cm³/mol. The number of aromatic nitrogens is 1. The molecule has 3 rings (SSSR count). The summed E-state index contributed by atoms with van der Waals surface area (Å²) in [5.41, 5.74) is 2.34. The van der Waals surface area contributed by atoms with Gasteiger partial charge in [-0.3, -0.25) is 9.52 Å². The largest absolute Gasteiger partial charge is 0.437 e. The zero-order valence-electron chi connectivity index (χ0n) is 17.9. The highest BCUT2D eigenvalue weighted by Gasteiger charge is 2.24. The van der Waals surface area contributed by atoms with Crippen molar-refractivity contribution in [3.8, 4) is 11.3 Å². The molecule has 10 heteroatoms. The van der Waals surface area contributed by atoms with Crippen molar-refractivity contribution < 1.29 is 22.7 Å². The molecule has 0 aliphatic rings. The molecule has 3 aromatic rings. The number of hydrogen-bond donors (Lipinski definition) is 3. The van der Waals surface area contributed by atoms with E-state index >= 15 is 0 Å². The van der Waals surface area contributed by atoms with Crippen LogP contribution in [0.3, 0.4) is 0 Å². The van der Waals surface area contributed by atoms with E-state index in [1.165, 1.54) is 0 Å². The summed E-state index contributed by atoms with van der Waals surface area (Å²) in [4.78, 5) is 17.0. The number of fused-ring (bicyclic) bond motifs is 1. The first-order chi connectivity index (χ1) is 15.3. The van der Waals surface area contributed by atoms with Crippen molar-refractivity contribution in [2.75, 3.05) is 24.1 Å². The molecule has 0 saturated heterocycles. The van der Waals surface area contributed by atoms with Crippen molar-refractivity contribution in [2.24, 2.45) is 0 Å². The van der Waals surface area contributed by atoms with E-state index in [4.69, 9.17) is 9.52 Å². The third kappa shape index (κ3) is 5.78. The second-order valence-electron chi connectivity index (χ2n) is 7.48. The summed E-state index contributed by atoms with van der Waals surface area (Å²) in [5.74, 6) is 0.200. The van der Waals surface area contributed by atoms with Crippen LogP contribution in [0.15, 0.2) is 34.7 Å². The minimum Gasteiger partial charge on any atom is -0.437 e.